The van der Waals surface area contributed by atoms with E-state index in [4.69, 9.17) is 21.1 Å². The summed E-state index contributed by atoms with van der Waals surface area (Å²) >= 11 is 7.77. The van der Waals surface area contributed by atoms with E-state index in [0.717, 1.165) is 10.9 Å². The highest BCUT2D eigenvalue weighted by Crippen LogP contribution is 2.31. The zero-order valence-corrected chi connectivity index (χ0v) is 21.4. The van der Waals surface area contributed by atoms with Crippen molar-refractivity contribution in [2.45, 2.75) is 19.9 Å². The maximum Gasteiger partial charge on any atom is 0.338 e. The third-order valence-corrected chi connectivity index (χ3v) is 7.19. The first kappa shape index (κ1) is 24.0. The number of esters is 1. The van der Waals surface area contributed by atoms with Gasteiger partial charge in [0.25, 0.3) is 5.56 Å². The molecule has 3 heterocycles. The number of halogens is 1. The van der Waals surface area contributed by atoms with Gasteiger partial charge in [-0.25, -0.2) is 14.8 Å². The van der Waals surface area contributed by atoms with Gasteiger partial charge in [-0.05, 0) is 49.8 Å². The van der Waals surface area contributed by atoms with Crippen LogP contribution in [0.4, 0.5) is 0 Å². The number of fused-ring (bicyclic) bond motifs is 2. The smallest absolute Gasteiger partial charge is 0.338 e. The van der Waals surface area contributed by atoms with Gasteiger partial charge in [-0.3, -0.25) is 9.36 Å². The molecule has 182 valence electrons. The number of carbonyl (C=O) groups excluding carboxylic acids is 1. The highest BCUT2D eigenvalue weighted by Gasteiger charge is 2.33. The summed E-state index contributed by atoms with van der Waals surface area (Å²) in [5, 5.41) is 1.26. The molecular weight excluding hydrogens is 498 g/mol. The quantitative estimate of drug-likeness (QED) is 0.372. The summed E-state index contributed by atoms with van der Waals surface area (Å²) in [4.78, 5) is 36.4. The molecule has 0 aliphatic carbocycles. The van der Waals surface area contributed by atoms with Crippen LogP contribution in [-0.2, 0) is 9.53 Å². The first-order valence-electron chi connectivity index (χ1n) is 11.3. The number of nitrogens with zero attached hydrogens (tertiary/aromatic N) is 3. The predicted octanol–water partition coefficient (Wildman–Crippen LogP) is 4.01. The van der Waals surface area contributed by atoms with Gasteiger partial charge in [0, 0.05) is 5.39 Å². The largest absolute Gasteiger partial charge is 0.497 e. The van der Waals surface area contributed by atoms with Crippen molar-refractivity contribution in [2.24, 2.45) is 4.99 Å². The van der Waals surface area contributed by atoms with Crippen molar-refractivity contribution in [3.8, 4) is 5.75 Å². The number of hydrogen-bond donors (Lipinski definition) is 0. The average Bonchev–Trinajstić information content (AvgIpc) is 3.17. The second-order valence-corrected chi connectivity index (χ2v) is 9.54. The summed E-state index contributed by atoms with van der Waals surface area (Å²) in [5.41, 5.74) is 2.63. The van der Waals surface area contributed by atoms with Crippen molar-refractivity contribution in [3.05, 3.63) is 102 Å². The zero-order valence-electron chi connectivity index (χ0n) is 19.8. The number of aromatic nitrogens is 2. The second kappa shape index (κ2) is 9.72. The number of ether oxygens (including phenoxy) is 2. The molecule has 1 atom stereocenters. The average molecular weight is 520 g/mol. The molecule has 0 amide bonds. The van der Waals surface area contributed by atoms with Crippen LogP contribution in [0, 0.1) is 0 Å². The molecule has 4 aromatic rings. The summed E-state index contributed by atoms with van der Waals surface area (Å²) in [6.45, 7) is 3.73. The van der Waals surface area contributed by atoms with Crippen LogP contribution in [0.15, 0.2) is 75.7 Å². The van der Waals surface area contributed by atoms with Crippen LogP contribution in [0.3, 0.4) is 0 Å². The van der Waals surface area contributed by atoms with Crippen molar-refractivity contribution in [1.29, 1.82) is 0 Å². The Morgan fingerprint density at radius 1 is 1.19 bits per heavy atom. The van der Waals surface area contributed by atoms with Gasteiger partial charge in [0.15, 0.2) is 4.80 Å². The fraction of sp³-hybridized carbons (Fsp3) is 0.185. The number of allylic oxidation sites excluding steroid dienone is 1. The number of pyridine rings is 1. The first-order valence-corrected chi connectivity index (χ1v) is 12.5. The van der Waals surface area contributed by atoms with Crippen LogP contribution >= 0.6 is 22.9 Å². The molecule has 1 aliphatic heterocycles. The Kier molecular flexibility index (Phi) is 6.47. The van der Waals surface area contributed by atoms with Gasteiger partial charge in [0.05, 0.1) is 51.8 Å². The Hall–Kier alpha value is -3.75. The molecule has 1 unspecified atom stereocenters. The van der Waals surface area contributed by atoms with E-state index in [1.165, 1.54) is 11.3 Å². The van der Waals surface area contributed by atoms with Crippen molar-refractivity contribution >= 4 is 45.9 Å². The van der Waals surface area contributed by atoms with E-state index in [1.54, 1.807) is 37.7 Å². The Morgan fingerprint density at radius 2 is 1.97 bits per heavy atom. The van der Waals surface area contributed by atoms with E-state index in [9.17, 15) is 9.59 Å². The summed E-state index contributed by atoms with van der Waals surface area (Å²) < 4.78 is 12.6. The van der Waals surface area contributed by atoms with E-state index in [-0.39, 0.29) is 12.2 Å². The number of thiazole rings is 1. The fourth-order valence-electron chi connectivity index (χ4n) is 4.26. The molecule has 2 aromatic carbocycles. The zero-order chi connectivity index (χ0) is 25.4. The van der Waals surface area contributed by atoms with Gasteiger partial charge in [-0.2, -0.15) is 0 Å². The van der Waals surface area contributed by atoms with Gasteiger partial charge in [0.2, 0.25) is 0 Å². The molecule has 0 bridgehead atoms. The molecule has 0 spiro atoms. The number of hydrogen-bond acceptors (Lipinski definition) is 7. The maximum atomic E-state index is 13.7. The molecule has 0 saturated heterocycles. The van der Waals surface area contributed by atoms with Crippen molar-refractivity contribution < 1.29 is 14.3 Å². The second-order valence-electron chi connectivity index (χ2n) is 8.12. The van der Waals surface area contributed by atoms with Crippen molar-refractivity contribution in [1.82, 2.24) is 9.55 Å². The van der Waals surface area contributed by atoms with E-state index in [2.05, 4.69) is 9.98 Å². The monoisotopic (exact) mass is 519 g/mol. The van der Waals surface area contributed by atoms with E-state index >= 15 is 0 Å². The van der Waals surface area contributed by atoms with Crippen LogP contribution in [0.1, 0.15) is 31.1 Å². The van der Waals surface area contributed by atoms with E-state index in [1.807, 2.05) is 48.5 Å². The summed E-state index contributed by atoms with van der Waals surface area (Å²) in [7, 11) is 1.59. The SMILES string of the molecule is CCOC(=O)C1=C(C)N=c2s/c(=C\c3cc(Cl)c4cc(OC)ccc4n3)c(=O)n2C1c1ccccc1. The van der Waals surface area contributed by atoms with Crippen LogP contribution < -0.4 is 19.6 Å². The molecule has 0 N–H and O–H groups in total. The maximum absolute atomic E-state index is 13.7. The molecule has 0 radical (unpaired) electrons. The fourth-order valence-corrected chi connectivity index (χ4v) is 5.55. The minimum absolute atomic E-state index is 0.224. The summed E-state index contributed by atoms with van der Waals surface area (Å²) in [5.74, 6) is 0.196. The summed E-state index contributed by atoms with van der Waals surface area (Å²) in [6.07, 6.45) is 1.70. The molecule has 5 rings (SSSR count). The van der Waals surface area contributed by atoms with Crippen LogP contribution in [-0.4, -0.2) is 29.2 Å². The van der Waals surface area contributed by atoms with Gasteiger partial charge < -0.3 is 9.47 Å². The number of rotatable bonds is 5. The topological polar surface area (TPSA) is 82.8 Å². The minimum Gasteiger partial charge on any atom is -0.497 e. The van der Waals surface area contributed by atoms with E-state index < -0.39 is 12.0 Å². The minimum atomic E-state index is -0.649. The van der Waals surface area contributed by atoms with Crippen LogP contribution in [0.2, 0.25) is 5.02 Å². The number of benzene rings is 2. The lowest BCUT2D eigenvalue weighted by atomic mass is 9.96. The molecule has 9 heteroatoms. The Morgan fingerprint density at radius 3 is 2.69 bits per heavy atom. The third-order valence-electron chi connectivity index (χ3n) is 5.90. The Balaban J connectivity index is 1.69. The highest BCUT2D eigenvalue weighted by molar-refractivity contribution is 7.07. The van der Waals surface area contributed by atoms with Crippen molar-refractivity contribution in [3.63, 3.8) is 0 Å². The lowest BCUT2D eigenvalue weighted by molar-refractivity contribution is -0.139. The number of methoxy groups -OCH3 is 1. The van der Waals surface area contributed by atoms with Crippen LogP contribution in [0.25, 0.3) is 17.0 Å². The molecule has 0 saturated carbocycles. The number of carbonyl (C=O) groups is 1. The van der Waals surface area contributed by atoms with Crippen LogP contribution in [0.5, 0.6) is 5.75 Å². The molecule has 7 nitrogen and oxygen atoms in total. The summed E-state index contributed by atoms with van der Waals surface area (Å²) in [6, 6.07) is 15.9. The van der Waals surface area contributed by atoms with Gasteiger partial charge in [-0.15, -0.1) is 0 Å². The lowest BCUT2D eigenvalue weighted by Crippen LogP contribution is -2.39. The van der Waals surface area contributed by atoms with Gasteiger partial charge >= 0.3 is 5.97 Å². The first-order chi connectivity index (χ1) is 17.4. The highest BCUT2D eigenvalue weighted by atomic mass is 35.5. The molecule has 36 heavy (non-hydrogen) atoms. The lowest BCUT2D eigenvalue weighted by Gasteiger charge is -2.24. The standard InChI is InChI=1S/C27H22ClN3O4S/c1-4-35-26(33)23-15(2)29-27-31(24(23)16-8-6-5-7-9-16)25(32)22(36-27)13-17-12-20(28)19-14-18(34-3)10-11-21(19)30-17/h5-14,24H,4H2,1-3H3/b22-13-. The van der Waals surface area contributed by atoms with Gasteiger partial charge in [0.1, 0.15) is 5.75 Å². The Bertz CT molecular complexity index is 1710. The van der Waals surface area contributed by atoms with Crippen molar-refractivity contribution in [2.75, 3.05) is 13.7 Å². The van der Waals surface area contributed by atoms with Gasteiger partial charge in [-0.1, -0.05) is 53.3 Å². The molecular formula is C27H22ClN3O4S. The third kappa shape index (κ3) is 4.23. The normalized spacial score (nSPS) is 15.6. The molecule has 0 fully saturated rings. The Labute approximate surface area is 215 Å². The molecule has 1 aliphatic rings. The van der Waals surface area contributed by atoms with E-state index in [0.29, 0.717) is 42.6 Å². The molecule has 2 aromatic heterocycles. The predicted molar refractivity (Wildman–Crippen MR) is 140 cm³/mol.